The summed E-state index contributed by atoms with van der Waals surface area (Å²) in [7, 11) is 0. The first-order valence-corrected chi connectivity index (χ1v) is 18.2. The van der Waals surface area contributed by atoms with Gasteiger partial charge in [-0.2, -0.15) is 4.57 Å². The molecule has 0 atom stereocenters. The molecule has 8 bridgehead atoms. The number of fused-ring (bicyclic) bond motifs is 8. The third kappa shape index (κ3) is 5.56. The van der Waals surface area contributed by atoms with E-state index in [4.69, 9.17) is 9.97 Å². The Labute approximate surface area is 313 Å². The lowest BCUT2D eigenvalue weighted by atomic mass is 10.0. The number of aromatic amines is 2. The molecule has 0 aliphatic carbocycles. The number of benzene rings is 4. The number of pyridine rings is 1. The largest absolute Gasteiger partial charge is 0.354 e. The first kappa shape index (κ1) is 31.4. The van der Waals surface area contributed by atoms with Crippen LogP contribution in [0.5, 0.6) is 0 Å². The number of nitrogens with one attached hydrogen (secondary N) is 2. The van der Waals surface area contributed by atoms with Gasteiger partial charge in [0, 0.05) is 51.5 Å². The molecule has 2 aliphatic heterocycles. The zero-order chi connectivity index (χ0) is 35.8. The summed E-state index contributed by atoms with van der Waals surface area (Å²) < 4.78 is 2.17. The third-order valence-corrected chi connectivity index (χ3v) is 10.1. The molecule has 5 heteroatoms. The van der Waals surface area contributed by atoms with Gasteiger partial charge in [-0.3, -0.25) is 0 Å². The Bertz CT molecular complexity index is 2890. The second-order valence-electron chi connectivity index (χ2n) is 13.4. The number of nitrogens with zero attached hydrogens (tertiary/aromatic N) is 3. The van der Waals surface area contributed by atoms with E-state index in [0.29, 0.717) is 0 Å². The quantitative estimate of drug-likeness (QED) is 0.176. The molecule has 2 N–H and O–H groups in total. The van der Waals surface area contributed by atoms with Gasteiger partial charge >= 0.3 is 0 Å². The van der Waals surface area contributed by atoms with Crippen molar-refractivity contribution in [2.45, 2.75) is 0 Å². The maximum Gasteiger partial charge on any atom is 0.237 e. The summed E-state index contributed by atoms with van der Waals surface area (Å²) in [5.41, 5.74) is 16.8. The summed E-state index contributed by atoms with van der Waals surface area (Å²) in [4.78, 5) is 18.7. The highest BCUT2D eigenvalue weighted by Gasteiger charge is 2.23. The normalized spacial score (nSPS) is 11.9. The van der Waals surface area contributed by atoms with Gasteiger partial charge in [-0.05, 0) is 58.7 Å². The van der Waals surface area contributed by atoms with Gasteiger partial charge in [0.2, 0.25) is 5.69 Å². The van der Waals surface area contributed by atoms with Crippen molar-refractivity contribution >= 4 is 46.4 Å². The smallest absolute Gasteiger partial charge is 0.237 e. The Morgan fingerprint density at radius 2 is 0.722 bits per heavy atom. The maximum atomic E-state index is 5.47. The van der Waals surface area contributed by atoms with E-state index in [1.165, 1.54) is 0 Å². The summed E-state index contributed by atoms with van der Waals surface area (Å²) in [6.07, 6.45) is 12.8. The standard InChI is InChI=1S/C49H34N5/c1-6-16-33(17-7-1)45-37-24-25-38(50-37)46(34-18-8-2-9-19-34)40-28-29-42(52-40)48(36-22-12-4-13-23-36)49-44(54-30-14-5-15-31-54)32-43(53-49)47(35-20-10-3-11-21-35)41-27-26-39(45)51-41/h1-32,50,53H/q+1. The Morgan fingerprint density at radius 3 is 1.17 bits per heavy atom. The summed E-state index contributed by atoms with van der Waals surface area (Å²) in [6, 6.07) is 54.9. The predicted octanol–water partition coefficient (Wildman–Crippen LogP) is 11.6. The van der Waals surface area contributed by atoms with Crippen molar-refractivity contribution in [1.29, 1.82) is 0 Å². The molecule has 0 saturated carbocycles. The summed E-state index contributed by atoms with van der Waals surface area (Å²) in [6.45, 7) is 0. The molecule has 0 saturated heterocycles. The van der Waals surface area contributed by atoms with E-state index in [-0.39, 0.29) is 0 Å². The molecule has 0 amide bonds. The SMILES string of the molecule is C1=Cc2nc1c(-c1ccccc1)c1ccc([nH]1)c(-c1ccccc1)c1nc(c(-c3ccccc3)c3[nH]c(cc3-[n+]3ccccc3)c2-c2ccccc2)C=C1. The van der Waals surface area contributed by atoms with E-state index in [9.17, 15) is 0 Å². The van der Waals surface area contributed by atoms with E-state index in [1.807, 2.05) is 6.07 Å². The van der Waals surface area contributed by atoms with Gasteiger partial charge in [-0.15, -0.1) is 0 Å². The molecule has 0 spiro atoms. The lowest BCUT2D eigenvalue weighted by Gasteiger charge is -2.06. The number of H-pyrrole nitrogens is 2. The van der Waals surface area contributed by atoms with Crippen LogP contribution in [0.25, 0.3) is 96.6 Å². The fourth-order valence-corrected chi connectivity index (χ4v) is 7.66. The van der Waals surface area contributed by atoms with Crippen molar-refractivity contribution < 1.29 is 4.57 Å². The number of hydrogen-bond donors (Lipinski definition) is 2. The van der Waals surface area contributed by atoms with Crippen LogP contribution in [0.2, 0.25) is 0 Å². The van der Waals surface area contributed by atoms with Crippen LogP contribution in [0.3, 0.4) is 0 Å². The van der Waals surface area contributed by atoms with E-state index < -0.39 is 0 Å². The van der Waals surface area contributed by atoms with Gasteiger partial charge in [0.05, 0.1) is 28.3 Å². The maximum absolute atomic E-state index is 5.47. The first-order chi connectivity index (χ1) is 26.8. The lowest BCUT2D eigenvalue weighted by Crippen LogP contribution is -2.28. The summed E-state index contributed by atoms with van der Waals surface area (Å²) in [5, 5.41) is 0. The Morgan fingerprint density at radius 1 is 0.352 bits per heavy atom. The highest BCUT2D eigenvalue weighted by molar-refractivity contribution is 6.01. The number of aromatic nitrogens is 5. The Hall–Kier alpha value is -7.37. The van der Waals surface area contributed by atoms with Crippen LogP contribution in [-0.2, 0) is 0 Å². The van der Waals surface area contributed by atoms with Crippen molar-refractivity contribution in [2.24, 2.45) is 0 Å². The van der Waals surface area contributed by atoms with Gasteiger partial charge in [0.25, 0.3) is 0 Å². The van der Waals surface area contributed by atoms with Crippen LogP contribution in [0.1, 0.15) is 22.8 Å². The van der Waals surface area contributed by atoms with Gasteiger partial charge in [0.15, 0.2) is 12.4 Å². The van der Waals surface area contributed by atoms with Crippen LogP contribution in [-0.4, -0.2) is 19.9 Å². The minimum absolute atomic E-state index is 0.876. The molecule has 54 heavy (non-hydrogen) atoms. The van der Waals surface area contributed by atoms with E-state index >= 15 is 0 Å². The zero-order valence-corrected chi connectivity index (χ0v) is 29.3. The van der Waals surface area contributed by atoms with Crippen LogP contribution in [0.4, 0.5) is 0 Å². The average Bonchev–Trinajstić information content (AvgIpc) is 4.07. The fraction of sp³-hybridized carbons (Fsp3) is 0. The first-order valence-electron chi connectivity index (χ1n) is 18.2. The van der Waals surface area contributed by atoms with Gasteiger partial charge in [-0.1, -0.05) is 127 Å². The minimum Gasteiger partial charge on any atom is -0.354 e. The van der Waals surface area contributed by atoms with Crippen molar-refractivity contribution in [1.82, 2.24) is 19.9 Å². The van der Waals surface area contributed by atoms with Crippen molar-refractivity contribution in [3.8, 4) is 50.2 Å². The number of rotatable bonds is 5. The molecule has 4 aromatic carbocycles. The molecular weight excluding hydrogens is 659 g/mol. The molecule has 254 valence electrons. The average molecular weight is 693 g/mol. The van der Waals surface area contributed by atoms with Crippen molar-refractivity contribution in [3.63, 3.8) is 0 Å². The third-order valence-electron chi connectivity index (χ3n) is 10.1. The Kier molecular flexibility index (Phi) is 7.73. The number of hydrogen-bond acceptors (Lipinski definition) is 2. The zero-order valence-electron chi connectivity index (χ0n) is 29.3. The van der Waals surface area contributed by atoms with Crippen LogP contribution in [0, 0.1) is 0 Å². The van der Waals surface area contributed by atoms with E-state index in [2.05, 4.69) is 203 Å². The van der Waals surface area contributed by atoms with Crippen LogP contribution in [0.15, 0.2) is 170 Å². The van der Waals surface area contributed by atoms with Crippen molar-refractivity contribution in [3.05, 3.63) is 193 Å². The molecular formula is C49H34N5+. The molecule has 2 aliphatic rings. The Balaban J connectivity index is 1.45. The van der Waals surface area contributed by atoms with Gasteiger partial charge in [0.1, 0.15) is 5.52 Å². The molecule has 0 fully saturated rings. The van der Waals surface area contributed by atoms with Crippen LogP contribution < -0.4 is 4.57 Å². The minimum atomic E-state index is 0.876. The molecule has 8 aromatic rings. The lowest BCUT2D eigenvalue weighted by molar-refractivity contribution is -0.594. The molecule has 0 radical (unpaired) electrons. The summed E-state index contributed by atoms with van der Waals surface area (Å²) >= 11 is 0. The topological polar surface area (TPSA) is 61.2 Å². The van der Waals surface area contributed by atoms with E-state index in [0.717, 1.165) is 95.0 Å². The molecule has 5 nitrogen and oxygen atoms in total. The second kappa shape index (κ2) is 13.3. The fourth-order valence-electron chi connectivity index (χ4n) is 7.66. The van der Waals surface area contributed by atoms with E-state index in [1.54, 1.807) is 0 Å². The highest BCUT2D eigenvalue weighted by atomic mass is 15.0. The molecule has 10 rings (SSSR count). The second-order valence-corrected chi connectivity index (χ2v) is 13.4. The van der Waals surface area contributed by atoms with Crippen molar-refractivity contribution in [2.75, 3.05) is 0 Å². The molecule has 0 unspecified atom stereocenters. The van der Waals surface area contributed by atoms with Gasteiger partial charge < -0.3 is 9.97 Å². The van der Waals surface area contributed by atoms with Gasteiger partial charge in [-0.25, -0.2) is 9.97 Å². The molecule has 4 aromatic heterocycles. The highest BCUT2D eigenvalue weighted by Crippen LogP contribution is 2.39. The monoisotopic (exact) mass is 692 g/mol. The predicted molar refractivity (Wildman–Crippen MR) is 222 cm³/mol. The van der Waals surface area contributed by atoms with Crippen LogP contribution >= 0.6 is 0 Å². The summed E-state index contributed by atoms with van der Waals surface area (Å²) in [5.74, 6) is 0. The molecule has 6 heterocycles.